The van der Waals surface area contributed by atoms with Crippen molar-refractivity contribution in [1.82, 2.24) is 4.90 Å². The van der Waals surface area contributed by atoms with Crippen LogP contribution in [0.4, 0.5) is 5.69 Å². The van der Waals surface area contributed by atoms with Crippen LogP contribution in [0.2, 0.25) is 0 Å². The molecule has 2 saturated carbocycles. The van der Waals surface area contributed by atoms with Gasteiger partial charge in [0.1, 0.15) is 5.92 Å². The number of nitrogens with zero attached hydrogens (tertiary/aromatic N) is 1. The van der Waals surface area contributed by atoms with E-state index in [4.69, 9.17) is 5.73 Å². The van der Waals surface area contributed by atoms with E-state index in [1.807, 2.05) is 13.8 Å². The van der Waals surface area contributed by atoms with Crippen molar-refractivity contribution in [3.63, 3.8) is 0 Å². The number of rotatable bonds is 6. The zero-order valence-corrected chi connectivity index (χ0v) is 25.0. The summed E-state index contributed by atoms with van der Waals surface area (Å²) in [6.45, 7) is 3.68. The number of aliphatic hydroxyl groups excluding tert-OH is 1. The van der Waals surface area contributed by atoms with E-state index in [0.717, 1.165) is 0 Å². The first kappa shape index (κ1) is 30.8. The van der Waals surface area contributed by atoms with Crippen LogP contribution in [0.15, 0.2) is 41.3 Å². The molecule has 0 heterocycles. The number of fused-ring (bicyclic) bond motifs is 3. The third-order valence-electron chi connectivity index (χ3n) is 9.24. The summed E-state index contributed by atoms with van der Waals surface area (Å²) >= 11 is 0. The molecule has 230 valence electrons. The number of anilines is 1. The number of phenolic OH excluding ortho intramolecular Hbond substituents is 1. The number of benzene rings is 2. The van der Waals surface area contributed by atoms with Crippen LogP contribution >= 0.6 is 0 Å². The molecule has 13 heteroatoms. The molecule has 3 aliphatic rings. The lowest BCUT2D eigenvalue weighted by Crippen LogP contribution is -2.75. The molecule has 2 aromatic carbocycles. The van der Waals surface area contributed by atoms with Crippen LogP contribution in [0.25, 0.3) is 0 Å². The molecule has 6 N–H and O–H groups in total. The summed E-state index contributed by atoms with van der Waals surface area (Å²) in [5, 5.41) is 34.1. The number of Topliss-reactive ketones (excluding diaryl/α,β-unsaturated/α-hetero) is 3. The Labute approximate surface area is 248 Å². The SMILES string of the molecule is CC(C)c1cc(NS(=O)(=O)c2ccccc2)c(O)c2c1C[C@@H]1C[C@@H]3C(N(C)C)C(O)C(C(N)=O)C(=O)[C@]3(O)C(=O)C1C2=O. The van der Waals surface area contributed by atoms with Crippen molar-refractivity contribution >= 4 is 39.0 Å². The minimum absolute atomic E-state index is 0.0180. The fourth-order valence-corrected chi connectivity index (χ4v) is 8.39. The summed E-state index contributed by atoms with van der Waals surface area (Å²) in [6.07, 6.45) is -1.49. The van der Waals surface area contributed by atoms with Gasteiger partial charge in [0.25, 0.3) is 10.0 Å². The van der Waals surface area contributed by atoms with Gasteiger partial charge < -0.3 is 26.0 Å². The fourth-order valence-electron chi connectivity index (χ4n) is 7.31. The lowest BCUT2D eigenvalue weighted by molar-refractivity contribution is -0.190. The van der Waals surface area contributed by atoms with Crippen molar-refractivity contribution in [2.45, 2.75) is 55.2 Å². The lowest BCUT2D eigenvalue weighted by Gasteiger charge is -2.55. The lowest BCUT2D eigenvalue weighted by atomic mass is 9.52. The average molecular weight is 614 g/mol. The van der Waals surface area contributed by atoms with Gasteiger partial charge in [0.05, 0.1) is 28.2 Å². The monoisotopic (exact) mass is 613 g/mol. The Hall–Kier alpha value is -3.65. The summed E-state index contributed by atoms with van der Waals surface area (Å²) in [7, 11) is -1.02. The maximum absolute atomic E-state index is 14.1. The van der Waals surface area contributed by atoms with E-state index in [2.05, 4.69) is 4.72 Å². The molecule has 2 aromatic rings. The molecule has 0 aromatic heterocycles. The zero-order chi connectivity index (χ0) is 31.8. The first-order valence-electron chi connectivity index (χ1n) is 14.0. The molecular weight excluding hydrogens is 578 g/mol. The van der Waals surface area contributed by atoms with E-state index < -0.39 is 80.4 Å². The number of aliphatic hydroxyl groups is 2. The van der Waals surface area contributed by atoms with Gasteiger partial charge in [0.15, 0.2) is 28.7 Å². The van der Waals surface area contributed by atoms with Crippen LogP contribution in [0, 0.1) is 23.7 Å². The highest BCUT2D eigenvalue weighted by atomic mass is 32.2. The van der Waals surface area contributed by atoms with E-state index in [0.29, 0.717) is 11.1 Å². The average Bonchev–Trinajstić information content (AvgIpc) is 2.92. The number of aromatic hydroxyl groups is 1. The number of nitrogens with two attached hydrogens (primary N) is 1. The molecule has 0 spiro atoms. The summed E-state index contributed by atoms with van der Waals surface area (Å²) in [4.78, 5) is 55.4. The molecule has 3 aliphatic carbocycles. The standard InChI is InChI=1S/C30H35N3O9S/c1-13(2)16-12-19(32-43(41,42)15-8-6-5-7-9-15)24(34)21-17(16)10-14-11-18-23(33(3)4)26(36)22(29(31)39)28(38)30(18,40)27(37)20(14)25(21)35/h5-9,12-14,18,20,22-23,26,32,34,36,40H,10-11H2,1-4H3,(H2,31,39)/t14-,18-,20?,22?,23?,26?,30-/m1/s1. The predicted octanol–water partition coefficient (Wildman–Crippen LogP) is 0.583. The second kappa shape index (κ2) is 10.5. The number of likely N-dealkylation sites (N-methyl/N-ethyl adjacent to an activating group) is 1. The van der Waals surface area contributed by atoms with Crippen molar-refractivity contribution in [2.24, 2.45) is 29.4 Å². The zero-order valence-electron chi connectivity index (χ0n) is 24.1. The van der Waals surface area contributed by atoms with Crippen LogP contribution in [-0.2, 0) is 30.8 Å². The Morgan fingerprint density at radius 2 is 1.74 bits per heavy atom. The number of amides is 1. The highest BCUT2D eigenvalue weighted by Gasteiger charge is 2.69. The van der Waals surface area contributed by atoms with Gasteiger partial charge in [-0.2, -0.15) is 0 Å². The minimum Gasteiger partial charge on any atom is -0.505 e. The predicted molar refractivity (Wildman–Crippen MR) is 154 cm³/mol. The number of ketones is 3. The molecule has 7 atom stereocenters. The van der Waals surface area contributed by atoms with Crippen molar-refractivity contribution in [3.8, 4) is 5.75 Å². The number of sulfonamides is 1. The molecule has 12 nitrogen and oxygen atoms in total. The van der Waals surface area contributed by atoms with Gasteiger partial charge in [-0.25, -0.2) is 8.42 Å². The number of phenols is 1. The van der Waals surface area contributed by atoms with E-state index in [9.17, 15) is 42.9 Å². The van der Waals surface area contributed by atoms with Crippen LogP contribution < -0.4 is 10.5 Å². The first-order chi connectivity index (χ1) is 20.0. The van der Waals surface area contributed by atoms with E-state index >= 15 is 0 Å². The van der Waals surface area contributed by atoms with Crippen LogP contribution in [-0.4, -0.2) is 83.7 Å². The quantitative estimate of drug-likeness (QED) is 0.226. The molecule has 0 radical (unpaired) electrons. The Morgan fingerprint density at radius 1 is 1.12 bits per heavy atom. The summed E-state index contributed by atoms with van der Waals surface area (Å²) in [6, 6.07) is 7.92. The fraction of sp³-hybridized carbons (Fsp3) is 0.467. The molecule has 2 fully saturated rings. The summed E-state index contributed by atoms with van der Waals surface area (Å²) in [5.74, 6) is -10.6. The second-order valence-electron chi connectivity index (χ2n) is 12.3. The van der Waals surface area contributed by atoms with E-state index in [-0.39, 0.29) is 34.9 Å². The molecule has 4 unspecified atom stereocenters. The number of hydrogen-bond acceptors (Lipinski definition) is 10. The largest absolute Gasteiger partial charge is 0.505 e. The van der Waals surface area contributed by atoms with Gasteiger partial charge in [-0.3, -0.25) is 23.9 Å². The topological polar surface area (TPSA) is 204 Å². The molecule has 5 rings (SSSR count). The van der Waals surface area contributed by atoms with Crippen molar-refractivity contribution in [1.29, 1.82) is 0 Å². The first-order valence-corrected chi connectivity index (χ1v) is 15.5. The number of hydrogen-bond donors (Lipinski definition) is 5. The Kier molecular flexibility index (Phi) is 7.53. The number of primary amides is 1. The van der Waals surface area contributed by atoms with Gasteiger partial charge in [0, 0.05) is 12.0 Å². The van der Waals surface area contributed by atoms with Crippen LogP contribution in [0.5, 0.6) is 5.75 Å². The van der Waals surface area contributed by atoms with Crippen molar-refractivity contribution in [2.75, 3.05) is 18.8 Å². The Morgan fingerprint density at radius 3 is 2.30 bits per heavy atom. The van der Waals surface area contributed by atoms with Crippen LogP contribution in [0.1, 0.15) is 47.7 Å². The highest BCUT2D eigenvalue weighted by molar-refractivity contribution is 7.92. The van der Waals surface area contributed by atoms with Gasteiger partial charge in [-0.05, 0) is 68.1 Å². The Balaban J connectivity index is 1.64. The number of nitrogens with one attached hydrogen (secondary N) is 1. The van der Waals surface area contributed by atoms with Gasteiger partial charge in [0.2, 0.25) is 5.91 Å². The van der Waals surface area contributed by atoms with E-state index in [1.165, 1.54) is 35.2 Å². The van der Waals surface area contributed by atoms with Crippen molar-refractivity contribution < 1.29 is 42.9 Å². The summed E-state index contributed by atoms with van der Waals surface area (Å²) < 4.78 is 28.6. The molecule has 0 saturated heterocycles. The minimum atomic E-state index is -4.17. The third-order valence-corrected chi connectivity index (χ3v) is 10.6. The maximum atomic E-state index is 14.1. The molecule has 43 heavy (non-hydrogen) atoms. The molecule has 0 aliphatic heterocycles. The maximum Gasteiger partial charge on any atom is 0.262 e. The van der Waals surface area contributed by atoms with Gasteiger partial charge in [-0.1, -0.05) is 32.0 Å². The molecule has 0 bridgehead atoms. The third kappa shape index (κ3) is 4.57. The van der Waals surface area contributed by atoms with Crippen molar-refractivity contribution in [3.05, 3.63) is 53.1 Å². The van der Waals surface area contributed by atoms with Gasteiger partial charge in [-0.15, -0.1) is 0 Å². The highest BCUT2D eigenvalue weighted by Crippen LogP contribution is 2.53. The second-order valence-corrected chi connectivity index (χ2v) is 13.9. The molecular formula is C30H35N3O9S. The van der Waals surface area contributed by atoms with Gasteiger partial charge >= 0.3 is 0 Å². The number of carbonyl (C=O) groups is 4. The normalized spacial score (nSPS) is 30.6. The van der Waals surface area contributed by atoms with Crippen LogP contribution in [0.3, 0.4) is 0 Å². The number of carbonyl (C=O) groups excluding carboxylic acids is 4. The smallest absolute Gasteiger partial charge is 0.262 e. The van der Waals surface area contributed by atoms with E-state index in [1.54, 1.807) is 20.2 Å². The summed E-state index contributed by atoms with van der Waals surface area (Å²) in [5.41, 5.74) is 3.14. The Bertz CT molecular complexity index is 1640. The molecule has 1 amide bonds.